The van der Waals surface area contributed by atoms with Crippen LogP contribution in [0.3, 0.4) is 0 Å². The maximum absolute atomic E-state index is 12.7. The fourth-order valence-electron chi connectivity index (χ4n) is 3.20. The maximum Gasteiger partial charge on any atom is 0.407 e. The summed E-state index contributed by atoms with van der Waals surface area (Å²) in [5, 5.41) is 8.22. The number of hydrogen-bond acceptors (Lipinski definition) is 7. The summed E-state index contributed by atoms with van der Waals surface area (Å²) in [6.07, 6.45) is -0.529. The highest BCUT2D eigenvalue weighted by Gasteiger charge is 2.31. The molecule has 33 heavy (non-hydrogen) atoms. The van der Waals surface area contributed by atoms with Gasteiger partial charge in [0, 0.05) is 12.0 Å². The number of carbonyl (C=O) groups excluding carboxylic acids is 2. The Hall–Kier alpha value is -2.81. The molecule has 1 heterocycles. The van der Waals surface area contributed by atoms with E-state index in [1.165, 1.54) is 7.11 Å². The number of hydrogen-bond donors (Lipinski definition) is 1. The van der Waals surface area contributed by atoms with E-state index >= 15 is 0 Å². The molecule has 9 heteroatoms. The van der Waals surface area contributed by atoms with Crippen molar-refractivity contribution in [2.45, 2.75) is 66.7 Å². The maximum atomic E-state index is 12.7. The molecule has 2 aromatic rings. The van der Waals surface area contributed by atoms with E-state index in [9.17, 15) is 9.59 Å². The topological polar surface area (TPSA) is 101 Å². The molecule has 0 fully saturated rings. The molecule has 0 saturated heterocycles. The number of esters is 1. The van der Waals surface area contributed by atoms with Crippen LogP contribution in [0.15, 0.2) is 18.2 Å². The van der Waals surface area contributed by atoms with Gasteiger partial charge in [-0.15, -0.1) is 0 Å². The number of alkyl carbamates (subject to hydrolysis) is 1. The Bertz CT molecular complexity index is 955. The number of nitrogens with one attached hydrogen (secondary N) is 1. The molecule has 1 amide bonds. The second-order valence-electron chi connectivity index (χ2n) is 9.78. The van der Waals surface area contributed by atoms with Crippen molar-refractivity contribution in [2.75, 3.05) is 26.9 Å². The summed E-state index contributed by atoms with van der Waals surface area (Å²) in [5.74, 6) is 0.0254. The highest BCUT2D eigenvalue weighted by Crippen LogP contribution is 2.30. The third kappa shape index (κ3) is 7.35. The fraction of sp³-hybridized carbons (Fsp3) is 0.625. The molecule has 184 valence electrons. The van der Waals surface area contributed by atoms with E-state index in [0.29, 0.717) is 42.2 Å². The van der Waals surface area contributed by atoms with E-state index in [1.807, 2.05) is 27.7 Å². The number of methoxy groups -OCH3 is 1. The Morgan fingerprint density at radius 2 is 1.82 bits per heavy atom. The summed E-state index contributed by atoms with van der Waals surface area (Å²) in [6.45, 7) is 15.0. The molecule has 0 unspecified atom stereocenters. The first kappa shape index (κ1) is 26.4. The van der Waals surface area contributed by atoms with E-state index in [1.54, 1.807) is 43.7 Å². The molecule has 0 aliphatic rings. The van der Waals surface area contributed by atoms with Crippen LogP contribution in [0.1, 0.15) is 59.0 Å². The number of amides is 1. The summed E-state index contributed by atoms with van der Waals surface area (Å²) in [4.78, 5) is 25.2. The molecule has 0 aliphatic heterocycles. The smallest absolute Gasteiger partial charge is 0.407 e. The van der Waals surface area contributed by atoms with Gasteiger partial charge in [0.05, 0.1) is 26.3 Å². The van der Waals surface area contributed by atoms with Crippen LogP contribution in [0.5, 0.6) is 5.75 Å². The molecule has 1 N–H and O–H groups in total. The average molecular weight is 464 g/mol. The highest BCUT2D eigenvalue weighted by molar-refractivity contribution is 6.03. The van der Waals surface area contributed by atoms with Crippen molar-refractivity contribution in [1.29, 1.82) is 0 Å². The predicted molar refractivity (Wildman–Crippen MR) is 126 cm³/mol. The number of carbonyl (C=O) groups is 2. The van der Waals surface area contributed by atoms with Crippen molar-refractivity contribution in [3.63, 3.8) is 0 Å². The lowest BCUT2D eigenvalue weighted by Gasteiger charge is -2.32. The monoisotopic (exact) mass is 463 g/mol. The zero-order chi connectivity index (χ0) is 24.8. The molecule has 1 aromatic carbocycles. The quantitative estimate of drug-likeness (QED) is 0.440. The third-order valence-corrected chi connectivity index (χ3v) is 4.89. The van der Waals surface area contributed by atoms with E-state index in [4.69, 9.17) is 18.9 Å². The van der Waals surface area contributed by atoms with Crippen molar-refractivity contribution in [2.24, 2.45) is 5.41 Å². The van der Waals surface area contributed by atoms with Crippen LogP contribution >= 0.6 is 0 Å². The van der Waals surface area contributed by atoms with Gasteiger partial charge in [-0.2, -0.15) is 5.10 Å². The minimum absolute atomic E-state index is 0.236. The van der Waals surface area contributed by atoms with E-state index in [0.717, 1.165) is 0 Å². The molecule has 2 rings (SSSR count). The van der Waals surface area contributed by atoms with Crippen LogP contribution in [-0.4, -0.2) is 60.4 Å². The summed E-state index contributed by atoms with van der Waals surface area (Å²) in [7, 11) is 1.33. The van der Waals surface area contributed by atoms with Gasteiger partial charge in [-0.05, 0) is 39.2 Å². The molecule has 0 spiro atoms. The van der Waals surface area contributed by atoms with E-state index in [2.05, 4.69) is 10.4 Å². The second kappa shape index (κ2) is 10.9. The first-order valence-electron chi connectivity index (χ1n) is 11.1. The minimum atomic E-state index is -0.627. The second-order valence-corrected chi connectivity index (χ2v) is 9.78. The molecular weight excluding hydrogens is 426 g/mol. The largest absolute Gasteiger partial charge is 0.489 e. The lowest BCUT2D eigenvalue weighted by atomic mass is 9.86. The molecule has 1 aromatic heterocycles. The number of ether oxygens (including phenoxy) is 4. The van der Waals surface area contributed by atoms with Crippen molar-refractivity contribution >= 4 is 23.0 Å². The van der Waals surface area contributed by atoms with Crippen molar-refractivity contribution in [3.05, 3.63) is 23.9 Å². The van der Waals surface area contributed by atoms with Crippen LogP contribution in [-0.2, 0) is 20.8 Å². The Kier molecular flexibility index (Phi) is 8.71. The first-order chi connectivity index (χ1) is 15.4. The third-order valence-electron chi connectivity index (χ3n) is 4.89. The Morgan fingerprint density at radius 1 is 1.12 bits per heavy atom. The molecule has 1 atom stereocenters. The zero-order valence-electron chi connectivity index (χ0n) is 21.0. The van der Waals surface area contributed by atoms with Gasteiger partial charge in [-0.3, -0.25) is 4.68 Å². The lowest BCUT2D eigenvalue weighted by Crippen LogP contribution is -2.48. The van der Waals surface area contributed by atoms with Gasteiger partial charge in [-0.1, -0.05) is 32.9 Å². The van der Waals surface area contributed by atoms with Gasteiger partial charge < -0.3 is 24.3 Å². The summed E-state index contributed by atoms with van der Waals surface area (Å²) >= 11 is 0. The van der Waals surface area contributed by atoms with E-state index in [-0.39, 0.29) is 18.0 Å². The SMILES string of the molecule is CCOCCOc1cccc2c(C(=O)OC)n(C[C@H](NC(=O)OC(C)(C)C)C(C)(C)C)nc12. The van der Waals surface area contributed by atoms with Crippen molar-refractivity contribution in [3.8, 4) is 5.75 Å². The number of aromatic nitrogens is 2. The molecular formula is C24H37N3O6. The summed E-state index contributed by atoms with van der Waals surface area (Å²) in [6, 6.07) is 5.02. The molecule has 0 bridgehead atoms. The van der Waals surface area contributed by atoms with Crippen LogP contribution in [0.4, 0.5) is 4.79 Å². The van der Waals surface area contributed by atoms with Gasteiger partial charge >= 0.3 is 12.1 Å². The van der Waals surface area contributed by atoms with Gasteiger partial charge in [0.1, 0.15) is 23.5 Å². The van der Waals surface area contributed by atoms with Gasteiger partial charge in [-0.25, -0.2) is 9.59 Å². The highest BCUT2D eigenvalue weighted by atomic mass is 16.6. The van der Waals surface area contributed by atoms with Crippen LogP contribution in [0.2, 0.25) is 0 Å². The lowest BCUT2D eigenvalue weighted by molar-refractivity contribution is 0.0451. The van der Waals surface area contributed by atoms with Crippen molar-refractivity contribution in [1.82, 2.24) is 15.1 Å². The number of fused-ring (bicyclic) bond motifs is 1. The zero-order valence-corrected chi connectivity index (χ0v) is 21.0. The van der Waals surface area contributed by atoms with E-state index < -0.39 is 17.7 Å². The predicted octanol–water partition coefficient (Wildman–Crippen LogP) is 4.18. The number of benzene rings is 1. The molecule has 0 saturated carbocycles. The first-order valence-corrected chi connectivity index (χ1v) is 11.1. The summed E-state index contributed by atoms with van der Waals surface area (Å²) < 4.78 is 23.2. The number of rotatable bonds is 9. The molecule has 0 radical (unpaired) electrons. The Balaban J connectivity index is 2.43. The van der Waals surface area contributed by atoms with Gasteiger partial charge in [0.2, 0.25) is 0 Å². The summed E-state index contributed by atoms with van der Waals surface area (Å²) in [5.41, 5.74) is -0.140. The minimum Gasteiger partial charge on any atom is -0.489 e. The normalized spacial score (nSPS) is 13.0. The Labute approximate surface area is 195 Å². The van der Waals surface area contributed by atoms with Crippen LogP contribution < -0.4 is 10.1 Å². The van der Waals surface area contributed by atoms with Crippen LogP contribution in [0, 0.1) is 5.41 Å². The molecule has 9 nitrogen and oxygen atoms in total. The fourth-order valence-corrected chi connectivity index (χ4v) is 3.20. The number of nitrogens with zero attached hydrogens (tertiary/aromatic N) is 2. The average Bonchev–Trinajstić information content (AvgIpc) is 3.07. The van der Waals surface area contributed by atoms with Crippen molar-refractivity contribution < 1.29 is 28.5 Å². The van der Waals surface area contributed by atoms with Crippen LogP contribution in [0.25, 0.3) is 10.9 Å². The van der Waals surface area contributed by atoms with Gasteiger partial charge in [0.15, 0.2) is 5.69 Å². The standard InChI is InChI=1S/C24H37N3O6/c1-9-31-13-14-32-17-12-10-11-16-19(17)26-27(20(16)21(28)30-8)15-18(23(2,3)4)25-22(29)33-24(5,6)7/h10-12,18H,9,13-15H2,1-8H3,(H,25,29)/t18-/m0/s1. The Morgan fingerprint density at radius 3 is 2.39 bits per heavy atom. The molecule has 0 aliphatic carbocycles. The van der Waals surface area contributed by atoms with Gasteiger partial charge in [0.25, 0.3) is 0 Å².